The normalized spacial score (nSPS) is 14.2. The van der Waals surface area contributed by atoms with E-state index in [0.29, 0.717) is 23.9 Å². The van der Waals surface area contributed by atoms with Crippen LogP contribution in [0.2, 0.25) is 0 Å². The Labute approximate surface area is 385 Å². The van der Waals surface area contributed by atoms with Gasteiger partial charge in [-0.15, -0.1) is 0 Å². The van der Waals surface area contributed by atoms with E-state index in [2.05, 4.69) is 43.5 Å². The number of hydrogen-bond donors (Lipinski definition) is 2. The van der Waals surface area contributed by atoms with Gasteiger partial charge in [-0.2, -0.15) is 0 Å². The van der Waals surface area contributed by atoms with Crippen LogP contribution in [-0.2, 0) is 18.4 Å². The van der Waals surface area contributed by atoms with E-state index in [-0.39, 0.29) is 19.1 Å². The maximum absolute atomic E-state index is 12.8. The molecule has 368 valence electrons. The van der Waals surface area contributed by atoms with Gasteiger partial charge in [0.1, 0.15) is 13.2 Å². The number of phosphoric acid groups is 1. The second-order valence-electron chi connectivity index (χ2n) is 19.6. The lowest BCUT2D eigenvalue weighted by Crippen LogP contribution is -2.46. The number of unbranched alkanes of at least 4 members (excludes halogenated alkanes) is 32. The monoisotopic (exact) mass is 897 g/mol. The molecule has 0 bridgehead atoms. The van der Waals surface area contributed by atoms with Gasteiger partial charge in [0.05, 0.1) is 39.9 Å². The molecule has 0 spiro atoms. The number of amides is 1. The molecule has 0 aliphatic rings. The number of hydrogen-bond acceptors (Lipinski definition) is 6. The molecule has 8 nitrogen and oxygen atoms in total. The number of allylic oxidation sites excluding steroid dienone is 4. The molecule has 0 fully saturated rings. The number of likely N-dealkylation sites (N-methyl/N-ethyl adjacent to an activating group) is 1. The Hall–Kier alpha value is -1.02. The molecule has 0 saturated heterocycles. The molecule has 0 aromatic heterocycles. The van der Waals surface area contributed by atoms with Gasteiger partial charge in [-0.3, -0.25) is 9.36 Å². The predicted octanol–water partition coefficient (Wildman–Crippen LogP) is 15.0. The summed E-state index contributed by atoms with van der Waals surface area (Å²) in [6.45, 7) is 4.63. The minimum Gasteiger partial charge on any atom is -0.756 e. The van der Waals surface area contributed by atoms with Crippen molar-refractivity contribution in [3.63, 3.8) is 0 Å². The number of aliphatic hydroxyl groups excluding tert-OH is 1. The first-order chi connectivity index (χ1) is 30.0. The highest BCUT2D eigenvalue weighted by Gasteiger charge is 2.24. The third-order valence-electron chi connectivity index (χ3n) is 12.2. The maximum Gasteiger partial charge on any atom is 0.268 e. The Morgan fingerprint density at radius 2 is 0.935 bits per heavy atom. The molecule has 0 aliphatic carbocycles. The summed E-state index contributed by atoms with van der Waals surface area (Å²) in [6, 6.07) is -0.793. The topological polar surface area (TPSA) is 108 Å². The summed E-state index contributed by atoms with van der Waals surface area (Å²) in [6.07, 6.45) is 55.7. The van der Waals surface area contributed by atoms with Crippen LogP contribution in [0.5, 0.6) is 0 Å². The van der Waals surface area contributed by atoms with Crippen molar-refractivity contribution >= 4 is 13.7 Å². The predicted molar refractivity (Wildman–Crippen MR) is 265 cm³/mol. The van der Waals surface area contributed by atoms with Crippen LogP contribution in [-0.4, -0.2) is 68.5 Å². The second kappa shape index (κ2) is 45.1. The van der Waals surface area contributed by atoms with Gasteiger partial charge in [-0.05, 0) is 44.9 Å². The number of quaternary nitrogens is 1. The van der Waals surface area contributed by atoms with E-state index in [0.717, 1.165) is 57.8 Å². The van der Waals surface area contributed by atoms with Crippen molar-refractivity contribution in [1.29, 1.82) is 0 Å². The third-order valence-corrected chi connectivity index (χ3v) is 13.2. The number of aliphatic hydroxyl groups is 1. The Balaban J connectivity index is 3.72. The van der Waals surface area contributed by atoms with E-state index in [4.69, 9.17) is 9.05 Å². The molecular formula is C53H105N2O6P. The molecule has 0 aliphatic heterocycles. The summed E-state index contributed by atoms with van der Waals surface area (Å²) in [5, 5.41) is 13.7. The van der Waals surface area contributed by atoms with Crippen molar-refractivity contribution in [3.05, 3.63) is 24.3 Å². The summed E-state index contributed by atoms with van der Waals surface area (Å²) < 4.78 is 23.1. The molecule has 3 unspecified atom stereocenters. The summed E-state index contributed by atoms with van der Waals surface area (Å²) in [5.74, 6) is -0.168. The number of phosphoric ester groups is 1. The van der Waals surface area contributed by atoms with Crippen LogP contribution >= 0.6 is 7.82 Å². The Bertz CT molecular complexity index is 1060. The fraction of sp³-hybridized carbons (Fsp3) is 0.906. The number of rotatable bonds is 49. The van der Waals surface area contributed by atoms with Crippen LogP contribution in [0.15, 0.2) is 24.3 Å². The molecule has 3 atom stereocenters. The first kappa shape index (κ1) is 61.0. The van der Waals surface area contributed by atoms with Gasteiger partial charge >= 0.3 is 0 Å². The van der Waals surface area contributed by atoms with Crippen LogP contribution in [0, 0.1) is 0 Å². The zero-order chi connectivity index (χ0) is 45.7. The smallest absolute Gasteiger partial charge is 0.268 e. The zero-order valence-corrected chi connectivity index (χ0v) is 42.7. The number of carbonyl (C=O) groups excluding carboxylic acids is 1. The molecule has 0 heterocycles. The number of nitrogens with zero attached hydrogens (tertiary/aromatic N) is 1. The van der Waals surface area contributed by atoms with E-state index in [9.17, 15) is 19.4 Å². The average molecular weight is 897 g/mol. The zero-order valence-electron chi connectivity index (χ0n) is 41.8. The van der Waals surface area contributed by atoms with Crippen LogP contribution in [0.4, 0.5) is 0 Å². The van der Waals surface area contributed by atoms with Crippen molar-refractivity contribution in [3.8, 4) is 0 Å². The van der Waals surface area contributed by atoms with E-state index >= 15 is 0 Å². The Morgan fingerprint density at radius 1 is 0.565 bits per heavy atom. The number of nitrogens with one attached hydrogen (secondary N) is 1. The molecule has 0 aromatic carbocycles. The molecule has 0 aromatic rings. The summed E-state index contributed by atoms with van der Waals surface area (Å²) >= 11 is 0. The van der Waals surface area contributed by atoms with Gasteiger partial charge in [-0.1, -0.05) is 231 Å². The molecule has 0 radical (unpaired) electrons. The molecule has 0 saturated carbocycles. The average Bonchev–Trinajstić information content (AvgIpc) is 3.23. The van der Waals surface area contributed by atoms with Crippen molar-refractivity contribution in [1.82, 2.24) is 5.32 Å². The minimum atomic E-state index is -4.55. The molecule has 0 rings (SSSR count). The molecule has 1 amide bonds. The van der Waals surface area contributed by atoms with Crippen molar-refractivity contribution in [2.75, 3.05) is 40.9 Å². The van der Waals surface area contributed by atoms with Crippen molar-refractivity contribution in [2.24, 2.45) is 0 Å². The number of carbonyl (C=O) groups is 1. The lowest BCUT2D eigenvalue weighted by atomic mass is 10.0. The third kappa shape index (κ3) is 47.0. The van der Waals surface area contributed by atoms with Crippen molar-refractivity contribution < 1.29 is 32.9 Å². The Kier molecular flexibility index (Phi) is 44.4. The van der Waals surface area contributed by atoms with Gasteiger partial charge in [0.15, 0.2) is 0 Å². The Morgan fingerprint density at radius 3 is 1.34 bits per heavy atom. The first-order valence-corrected chi connectivity index (χ1v) is 28.1. The van der Waals surface area contributed by atoms with Gasteiger partial charge in [0.2, 0.25) is 5.91 Å². The lowest BCUT2D eigenvalue weighted by Gasteiger charge is -2.30. The maximum atomic E-state index is 12.8. The first-order valence-electron chi connectivity index (χ1n) is 26.7. The minimum absolute atomic E-state index is 0.0134. The highest BCUT2D eigenvalue weighted by atomic mass is 31.2. The lowest BCUT2D eigenvalue weighted by molar-refractivity contribution is -0.870. The van der Waals surface area contributed by atoms with Crippen LogP contribution < -0.4 is 10.2 Å². The van der Waals surface area contributed by atoms with E-state index in [1.54, 1.807) is 0 Å². The van der Waals surface area contributed by atoms with Crippen molar-refractivity contribution in [2.45, 2.75) is 270 Å². The summed E-state index contributed by atoms with van der Waals surface area (Å²) in [5.41, 5.74) is 0. The van der Waals surface area contributed by atoms with Gasteiger partial charge in [-0.25, -0.2) is 0 Å². The van der Waals surface area contributed by atoms with E-state index < -0.39 is 20.0 Å². The second-order valence-corrected chi connectivity index (χ2v) is 21.0. The molecule has 2 N–H and O–H groups in total. The van der Waals surface area contributed by atoms with Gasteiger partial charge in [0, 0.05) is 6.42 Å². The fourth-order valence-electron chi connectivity index (χ4n) is 7.95. The summed E-state index contributed by atoms with van der Waals surface area (Å²) in [7, 11) is 1.31. The standard InChI is InChI=1S/C53H105N2O6P/c1-6-8-10-12-13-14-15-16-17-18-19-20-21-22-23-24-25-26-27-28-29-30-31-32-33-34-35-36-37-38-39-40-41-43-45-47-53(57)54-51(52(56)46-44-42-11-9-7-2)50-61-62(58,59)60-49-48-55(3,4)5/h15-16,18-19,51-52,56H,6-14,17,20-50H2,1-5H3,(H-,54,57,58,59)/b16-15-,19-18-. The van der Waals surface area contributed by atoms with E-state index in [1.165, 1.54) is 173 Å². The summed E-state index contributed by atoms with van der Waals surface area (Å²) in [4.78, 5) is 25.2. The highest BCUT2D eigenvalue weighted by Crippen LogP contribution is 2.38. The van der Waals surface area contributed by atoms with Crippen LogP contribution in [0.25, 0.3) is 0 Å². The van der Waals surface area contributed by atoms with Crippen LogP contribution in [0.1, 0.15) is 258 Å². The largest absolute Gasteiger partial charge is 0.756 e. The molecular weight excluding hydrogens is 792 g/mol. The van der Waals surface area contributed by atoms with E-state index in [1.807, 2.05) is 21.1 Å². The highest BCUT2D eigenvalue weighted by molar-refractivity contribution is 7.45. The molecule has 9 heteroatoms. The van der Waals surface area contributed by atoms with Gasteiger partial charge < -0.3 is 28.8 Å². The molecule has 62 heavy (non-hydrogen) atoms. The quantitative estimate of drug-likeness (QED) is 0.0273. The SMILES string of the molecule is CCCCCCC/C=C\C/C=C\CCCCCCCCCCCCCCCCCCCCCCCCCC(=O)NC(COP(=O)([O-])OCC[N+](C)(C)C)C(O)CCCCCCC. The fourth-order valence-corrected chi connectivity index (χ4v) is 8.68. The van der Waals surface area contributed by atoms with Crippen LogP contribution in [0.3, 0.4) is 0 Å². The van der Waals surface area contributed by atoms with Gasteiger partial charge in [0.25, 0.3) is 7.82 Å².